The van der Waals surface area contributed by atoms with Gasteiger partial charge in [-0.2, -0.15) is 0 Å². The molecule has 5 rings (SSSR count). The molecular formula is C26H26N4O5. The van der Waals surface area contributed by atoms with E-state index in [1.165, 1.54) is 4.90 Å². The van der Waals surface area contributed by atoms with Crippen LogP contribution in [0.4, 0.5) is 16.4 Å². The van der Waals surface area contributed by atoms with Crippen LogP contribution in [-0.4, -0.2) is 49.9 Å². The summed E-state index contributed by atoms with van der Waals surface area (Å²) < 4.78 is 16.2. The summed E-state index contributed by atoms with van der Waals surface area (Å²) in [5.41, 5.74) is 3.40. The molecule has 1 atom stereocenters. The Balaban J connectivity index is 1.13. The molecule has 0 unspecified atom stereocenters. The van der Waals surface area contributed by atoms with Crippen LogP contribution in [0.1, 0.15) is 12.0 Å². The highest BCUT2D eigenvalue weighted by atomic mass is 16.6. The molecule has 1 fully saturated rings. The van der Waals surface area contributed by atoms with Crippen molar-refractivity contribution in [3.63, 3.8) is 0 Å². The molecule has 1 aromatic heterocycles. The minimum Gasteiger partial charge on any atom is -0.497 e. The lowest BCUT2D eigenvalue weighted by Crippen LogP contribution is -2.29. The summed E-state index contributed by atoms with van der Waals surface area (Å²) in [4.78, 5) is 29.8. The molecule has 0 saturated carbocycles. The third-order valence-corrected chi connectivity index (χ3v) is 5.91. The number of rotatable bonds is 8. The molecule has 3 aromatic rings. The van der Waals surface area contributed by atoms with Gasteiger partial charge in [-0.05, 0) is 60.0 Å². The molecule has 2 aromatic carbocycles. The molecule has 3 heterocycles. The molecule has 0 radical (unpaired) electrons. The zero-order valence-corrected chi connectivity index (χ0v) is 19.3. The Morgan fingerprint density at radius 1 is 1.11 bits per heavy atom. The maximum absolute atomic E-state index is 12.4. The van der Waals surface area contributed by atoms with Crippen LogP contribution in [0.3, 0.4) is 0 Å². The van der Waals surface area contributed by atoms with E-state index in [1.54, 1.807) is 19.2 Å². The fourth-order valence-electron chi connectivity index (χ4n) is 4.12. The molecule has 2 aliphatic rings. The maximum Gasteiger partial charge on any atom is 0.415 e. The molecule has 35 heavy (non-hydrogen) atoms. The van der Waals surface area contributed by atoms with E-state index in [4.69, 9.17) is 14.2 Å². The molecule has 0 aliphatic carbocycles. The number of cyclic esters (lactones) is 1. The van der Waals surface area contributed by atoms with Gasteiger partial charge in [-0.25, -0.2) is 9.78 Å². The first-order chi connectivity index (χ1) is 17.1. The summed E-state index contributed by atoms with van der Waals surface area (Å²) in [6, 6.07) is 19.7. The van der Waals surface area contributed by atoms with Crippen molar-refractivity contribution >= 4 is 23.6 Å². The smallest absolute Gasteiger partial charge is 0.415 e. The second kappa shape index (κ2) is 10.0. The lowest BCUT2D eigenvalue weighted by molar-refractivity contribution is -0.118. The molecule has 2 amide bonds. The van der Waals surface area contributed by atoms with Crippen molar-refractivity contribution in [2.24, 2.45) is 0 Å². The van der Waals surface area contributed by atoms with Crippen molar-refractivity contribution in [1.29, 1.82) is 0 Å². The lowest BCUT2D eigenvalue weighted by Gasteiger charge is -2.19. The minimum absolute atomic E-state index is 0.0415. The second-order valence-corrected chi connectivity index (χ2v) is 8.37. The zero-order chi connectivity index (χ0) is 24.2. The number of aromatic nitrogens is 1. The average Bonchev–Trinajstić information content (AvgIpc) is 3.26. The van der Waals surface area contributed by atoms with Crippen LogP contribution in [0.2, 0.25) is 0 Å². The van der Waals surface area contributed by atoms with Crippen LogP contribution in [0.15, 0.2) is 60.7 Å². The number of benzene rings is 2. The number of amides is 2. The van der Waals surface area contributed by atoms with Gasteiger partial charge in [0.25, 0.3) is 5.91 Å². The second-order valence-electron chi connectivity index (χ2n) is 8.37. The minimum atomic E-state index is -0.448. The standard InChI is InChI=1S/C26H26N4O5/c1-33-20-7-3-6-19(13-20)18-5-2-4-17(12-18)14-27-11-10-21-15-30(26(32)35-21)23-9-8-22-25(28-23)29-24(31)16-34-22/h2-9,12-13,21,27H,10-11,14-16H2,1H3,(H,28,29,31)/t21-/m0/s1. The van der Waals surface area contributed by atoms with Crippen molar-refractivity contribution in [3.8, 4) is 22.6 Å². The van der Waals surface area contributed by atoms with Gasteiger partial charge in [0.1, 0.15) is 17.7 Å². The number of carbonyl (C=O) groups is 2. The number of carbonyl (C=O) groups excluding carboxylic acids is 2. The van der Waals surface area contributed by atoms with Gasteiger partial charge in [-0.3, -0.25) is 9.69 Å². The number of anilines is 2. The predicted molar refractivity (Wildman–Crippen MR) is 131 cm³/mol. The Morgan fingerprint density at radius 3 is 2.80 bits per heavy atom. The van der Waals surface area contributed by atoms with E-state index in [9.17, 15) is 9.59 Å². The highest BCUT2D eigenvalue weighted by molar-refractivity contribution is 5.95. The predicted octanol–water partition coefficient (Wildman–Crippen LogP) is 3.59. The number of hydrogen-bond donors (Lipinski definition) is 2. The van der Waals surface area contributed by atoms with Gasteiger partial charge >= 0.3 is 6.09 Å². The van der Waals surface area contributed by atoms with Gasteiger partial charge in [0.15, 0.2) is 18.2 Å². The zero-order valence-electron chi connectivity index (χ0n) is 19.3. The third kappa shape index (κ3) is 5.20. The van der Waals surface area contributed by atoms with E-state index in [1.807, 2.05) is 24.3 Å². The summed E-state index contributed by atoms with van der Waals surface area (Å²) >= 11 is 0. The van der Waals surface area contributed by atoms with E-state index >= 15 is 0 Å². The number of fused-ring (bicyclic) bond motifs is 1. The largest absolute Gasteiger partial charge is 0.497 e. The fraction of sp³-hybridized carbons (Fsp3) is 0.269. The molecule has 9 nitrogen and oxygen atoms in total. The number of pyridine rings is 1. The molecule has 9 heteroatoms. The van der Waals surface area contributed by atoms with E-state index < -0.39 is 6.09 Å². The van der Waals surface area contributed by atoms with E-state index in [0.717, 1.165) is 22.4 Å². The van der Waals surface area contributed by atoms with E-state index in [2.05, 4.69) is 39.9 Å². The van der Waals surface area contributed by atoms with E-state index in [0.29, 0.717) is 43.4 Å². The topological polar surface area (TPSA) is 102 Å². The summed E-state index contributed by atoms with van der Waals surface area (Å²) in [5.74, 6) is 1.77. The van der Waals surface area contributed by atoms with Gasteiger partial charge in [0, 0.05) is 6.54 Å². The van der Waals surface area contributed by atoms with Gasteiger partial charge < -0.3 is 24.8 Å². The fourth-order valence-corrected chi connectivity index (χ4v) is 4.12. The van der Waals surface area contributed by atoms with Crippen molar-refractivity contribution in [2.45, 2.75) is 19.1 Å². The molecule has 1 saturated heterocycles. The molecule has 180 valence electrons. The first kappa shape index (κ1) is 22.7. The van der Waals surface area contributed by atoms with Gasteiger partial charge in [-0.1, -0.05) is 30.3 Å². The quantitative estimate of drug-likeness (QED) is 0.481. The molecule has 0 bridgehead atoms. The van der Waals surface area contributed by atoms with Gasteiger partial charge in [0.2, 0.25) is 0 Å². The first-order valence-electron chi connectivity index (χ1n) is 11.4. The van der Waals surface area contributed by atoms with Crippen LogP contribution >= 0.6 is 0 Å². The Labute approximate surface area is 203 Å². The number of hydrogen-bond acceptors (Lipinski definition) is 7. The SMILES string of the molecule is COc1cccc(-c2cccc(CNCC[C@H]3CN(c4ccc5c(n4)NC(=O)CO5)C(=O)O3)c2)c1. The summed E-state index contributed by atoms with van der Waals surface area (Å²) in [7, 11) is 1.66. The van der Waals surface area contributed by atoms with Gasteiger partial charge in [0.05, 0.1) is 13.7 Å². The Hall–Kier alpha value is -4.11. The monoisotopic (exact) mass is 474 g/mol. The Bertz CT molecular complexity index is 1250. The van der Waals surface area contributed by atoms with Crippen molar-refractivity contribution in [2.75, 3.05) is 37.0 Å². The molecular weight excluding hydrogens is 448 g/mol. The van der Waals surface area contributed by atoms with E-state index in [-0.39, 0.29) is 18.6 Å². The first-order valence-corrected chi connectivity index (χ1v) is 11.4. The average molecular weight is 475 g/mol. The van der Waals surface area contributed by atoms with Crippen LogP contribution < -0.4 is 25.0 Å². The lowest BCUT2D eigenvalue weighted by atomic mass is 10.0. The molecule has 2 N–H and O–H groups in total. The third-order valence-electron chi connectivity index (χ3n) is 5.91. The van der Waals surface area contributed by atoms with Gasteiger partial charge in [-0.15, -0.1) is 0 Å². The number of ether oxygens (including phenoxy) is 3. The normalized spacial score (nSPS) is 16.8. The summed E-state index contributed by atoms with van der Waals surface area (Å²) in [6.07, 6.45) is -0.0268. The van der Waals surface area contributed by atoms with Crippen LogP contribution in [0.5, 0.6) is 11.5 Å². The summed E-state index contributed by atoms with van der Waals surface area (Å²) in [6.45, 7) is 1.75. The molecule has 2 aliphatic heterocycles. The van der Waals surface area contributed by atoms with Crippen LogP contribution in [0, 0.1) is 0 Å². The highest BCUT2D eigenvalue weighted by Gasteiger charge is 2.33. The highest BCUT2D eigenvalue weighted by Crippen LogP contribution is 2.30. The van der Waals surface area contributed by atoms with Crippen molar-refractivity contribution in [3.05, 3.63) is 66.2 Å². The number of nitrogens with one attached hydrogen (secondary N) is 2. The Morgan fingerprint density at radius 2 is 1.94 bits per heavy atom. The molecule has 0 spiro atoms. The van der Waals surface area contributed by atoms with Crippen LogP contribution in [0.25, 0.3) is 11.1 Å². The Kier molecular flexibility index (Phi) is 6.49. The van der Waals surface area contributed by atoms with Crippen molar-refractivity contribution in [1.82, 2.24) is 10.3 Å². The maximum atomic E-state index is 12.4. The summed E-state index contributed by atoms with van der Waals surface area (Å²) in [5, 5.41) is 6.09. The van der Waals surface area contributed by atoms with Crippen LogP contribution in [-0.2, 0) is 16.1 Å². The van der Waals surface area contributed by atoms with Crippen molar-refractivity contribution < 1.29 is 23.8 Å². The number of methoxy groups -OCH3 is 1. The number of nitrogens with zero attached hydrogens (tertiary/aromatic N) is 2.